The fourth-order valence-corrected chi connectivity index (χ4v) is 9.89. The fourth-order valence-electron chi connectivity index (χ4n) is 9.89. The maximum absolute atomic E-state index is 13.2. The van der Waals surface area contributed by atoms with Gasteiger partial charge in [-0.15, -0.1) is 0 Å². The van der Waals surface area contributed by atoms with E-state index in [0.717, 1.165) is 44.9 Å². The first-order chi connectivity index (χ1) is 35.7. The highest BCUT2D eigenvalue weighted by Crippen LogP contribution is 2.23. The molecule has 0 bridgehead atoms. The molecule has 0 spiro atoms. The van der Waals surface area contributed by atoms with E-state index in [0.29, 0.717) is 19.3 Å². The molecular formula is C62H117NO10. The van der Waals surface area contributed by atoms with Crippen LogP contribution in [-0.2, 0) is 14.3 Å². The van der Waals surface area contributed by atoms with E-state index >= 15 is 0 Å². The Balaban J connectivity index is 2.32. The van der Waals surface area contributed by atoms with Crippen molar-refractivity contribution in [3.05, 3.63) is 36.5 Å². The molecule has 0 aromatic rings. The molecule has 73 heavy (non-hydrogen) atoms. The predicted molar refractivity (Wildman–Crippen MR) is 302 cm³/mol. The Hall–Kier alpha value is -1.67. The van der Waals surface area contributed by atoms with E-state index in [1.54, 1.807) is 0 Å². The zero-order valence-corrected chi connectivity index (χ0v) is 47.1. The molecule has 1 saturated heterocycles. The summed E-state index contributed by atoms with van der Waals surface area (Å²) in [6.45, 7) is 3.47. The maximum atomic E-state index is 13.2. The molecule has 430 valence electrons. The lowest BCUT2D eigenvalue weighted by Crippen LogP contribution is -2.60. The molecular weight excluding hydrogens is 919 g/mol. The Labute approximate surface area is 447 Å². The van der Waals surface area contributed by atoms with Gasteiger partial charge >= 0.3 is 0 Å². The second-order valence-electron chi connectivity index (χ2n) is 21.8. The molecule has 0 radical (unpaired) electrons. The van der Waals surface area contributed by atoms with E-state index in [2.05, 4.69) is 55.6 Å². The first-order valence-corrected chi connectivity index (χ1v) is 30.9. The summed E-state index contributed by atoms with van der Waals surface area (Å²) >= 11 is 0. The average molecular weight is 1040 g/mol. The van der Waals surface area contributed by atoms with E-state index in [4.69, 9.17) is 9.47 Å². The summed E-state index contributed by atoms with van der Waals surface area (Å²) in [5.74, 6) is -0.708. The summed E-state index contributed by atoms with van der Waals surface area (Å²) in [6, 6.07) is -1.19. The topological polar surface area (TPSA) is 189 Å². The number of rotatable bonds is 53. The first-order valence-electron chi connectivity index (χ1n) is 30.9. The molecule has 1 rings (SSSR count). The van der Waals surface area contributed by atoms with E-state index in [9.17, 15) is 40.5 Å². The van der Waals surface area contributed by atoms with Gasteiger partial charge in [0, 0.05) is 0 Å². The van der Waals surface area contributed by atoms with Crippen molar-refractivity contribution in [1.29, 1.82) is 0 Å². The van der Waals surface area contributed by atoms with Gasteiger partial charge in [0.05, 0.1) is 25.4 Å². The van der Waals surface area contributed by atoms with Crippen LogP contribution in [0.25, 0.3) is 0 Å². The van der Waals surface area contributed by atoms with Crippen LogP contribution < -0.4 is 5.32 Å². The van der Waals surface area contributed by atoms with Gasteiger partial charge in [0.1, 0.15) is 36.6 Å². The molecule has 1 fully saturated rings. The van der Waals surface area contributed by atoms with Gasteiger partial charge in [0.15, 0.2) is 6.29 Å². The zero-order chi connectivity index (χ0) is 53.3. The van der Waals surface area contributed by atoms with Gasteiger partial charge in [-0.25, -0.2) is 0 Å². The monoisotopic (exact) mass is 1040 g/mol. The summed E-state index contributed by atoms with van der Waals surface area (Å²) in [4.78, 5) is 13.2. The number of amides is 1. The van der Waals surface area contributed by atoms with Gasteiger partial charge in [-0.3, -0.25) is 4.79 Å². The van der Waals surface area contributed by atoms with Crippen LogP contribution in [-0.4, -0.2) is 110 Å². The minimum atomic E-state index is -1.67. The van der Waals surface area contributed by atoms with Gasteiger partial charge < -0.3 is 50.5 Å². The molecule has 1 aliphatic heterocycles. The number of ether oxygens (including phenoxy) is 2. The van der Waals surface area contributed by atoms with E-state index in [-0.39, 0.29) is 12.8 Å². The van der Waals surface area contributed by atoms with E-state index in [1.807, 2.05) is 0 Å². The van der Waals surface area contributed by atoms with Crippen molar-refractivity contribution in [3.63, 3.8) is 0 Å². The van der Waals surface area contributed by atoms with Crippen molar-refractivity contribution in [3.8, 4) is 0 Å². The highest BCUT2D eigenvalue weighted by molar-refractivity contribution is 5.80. The highest BCUT2D eigenvalue weighted by atomic mass is 16.7. The zero-order valence-electron chi connectivity index (χ0n) is 47.1. The molecule has 11 heteroatoms. The van der Waals surface area contributed by atoms with Crippen LogP contribution in [0, 0.1) is 0 Å². The standard InChI is InChI=1S/C62H117NO10/c1-3-5-7-9-11-13-15-17-19-21-23-25-27-28-30-31-33-35-37-39-41-43-45-47-49-54(65)57(67)53(52-72-62-60(70)59(69)58(68)56(51-64)73-62)63-61(71)55(66)50-48-46-44-42-40-38-36-34-32-29-26-24-22-20-18-16-14-12-10-8-6-4-2/h27-28,33,35,41,43,53-60,62,64-70H,3-26,29-32,34,36-40,42,44-52H2,1-2H3,(H,63,71)/b28-27+,35-33+,43-41+. The van der Waals surface area contributed by atoms with Crippen molar-refractivity contribution in [2.75, 3.05) is 13.2 Å². The molecule has 8 N–H and O–H groups in total. The SMILES string of the molecule is CCCCCCCCCCCCC/C=C/CC/C=C/CC/C=C/CCCC(O)C(O)C(COC1OC(CO)C(O)C(O)C1O)NC(=O)C(O)CCCCCCCCCCCCCCCCCCCCCCCC. The van der Waals surface area contributed by atoms with Crippen molar-refractivity contribution in [2.45, 2.75) is 339 Å². The van der Waals surface area contributed by atoms with Crippen LogP contribution in [0.3, 0.4) is 0 Å². The number of aliphatic hydroxyl groups excluding tert-OH is 7. The summed E-state index contributed by atoms with van der Waals surface area (Å²) < 4.78 is 11.1. The van der Waals surface area contributed by atoms with Gasteiger partial charge in [-0.05, 0) is 64.2 Å². The number of nitrogens with one attached hydrogen (secondary N) is 1. The van der Waals surface area contributed by atoms with Crippen LogP contribution >= 0.6 is 0 Å². The summed E-state index contributed by atoms with van der Waals surface area (Å²) in [7, 11) is 0. The third-order valence-corrected chi connectivity index (χ3v) is 14.9. The smallest absolute Gasteiger partial charge is 0.249 e. The lowest BCUT2D eigenvalue weighted by molar-refractivity contribution is -0.303. The number of carbonyl (C=O) groups excluding carboxylic acids is 1. The lowest BCUT2D eigenvalue weighted by Gasteiger charge is -2.40. The number of hydrogen-bond donors (Lipinski definition) is 8. The molecule has 0 aromatic carbocycles. The number of carbonyl (C=O) groups is 1. The Morgan fingerprint density at radius 1 is 0.466 bits per heavy atom. The largest absolute Gasteiger partial charge is 0.394 e. The molecule has 1 heterocycles. The van der Waals surface area contributed by atoms with E-state index in [1.165, 1.54) is 193 Å². The molecule has 0 aliphatic carbocycles. The third kappa shape index (κ3) is 39.4. The Bertz CT molecular complexity index is 1280. The minimum Gasteiger partial charge on any atom is -0.394 e. The first kappa shape index (κ1) is 69.3. The molecule has 1 aliphatic rings. The molecule has 1 amide bonds. The average Bonchev–Trinajstić information content (AvgIpc) is 3.39. The van der Waals surface area contributed by atoms with Crippen LogP contribution in [0.1, 0.15) is 284 Å². The molecule has 9 unspecified atom stereocenters. The van der Waals surface area contributed by atoms with Gasteiger partial charge in [0.25, 0.3) is 0 Å². The number of allylic oxidation sites excluding steroid dienone is 6. The predicted octanol–water partition coefficient (Wildman–Crippen LogP) is 13.5. The van der Waals surface area contributed by atoms with Crippen LogP contribution in [0.4, 0.5) is 0 Å². The van der Waals surface area contributed by atoms with E-state index < -0.39 is 74.2 Å². The van der Waals surface area contributed by atoms with Crippen molar-refractivity contribution in [2.24, 2.45) is 0 Å². The Morgan fingerprint density at radius 3 is 1.22 bits per heavy atom. The van der Waals surface area contributed by atoms with Gasteiger partial charge in [-0.2, -0.15) is 0 Å². The summed E-state index contributed by atoms with van der Waals surface area (Å²) in [5, 5.41) is 76.2. The third-order valence-electron chi connectivity index (χ3n) is 14.9. The number of hydrogen-bond acceptors (Lipinski definition) is 10. The molecule has 0 aromatic heterocycles. The number of unbranched alkanes of at least 4 members (excludes halogenated alkanes) is 35. The highest BCUT2D eigenvalue weighted by Gasteiger charge is 2.44. The maximum Gasteiger partial charge on any atom is 0.249 e. The molecule has 9 atom stereocenters. The normalized spacial score (nSPS) is 20.2. The van der Waals surface area contributed by atoms with Crippen LogP contribution in [0.2, 0.25) is 0 Å². The lowest BCUT2D eigenvalue weighted by atomic mass is 9.98. The second kappa shape index (κ2) is 51.1. The Kier molecular flexibility index (Phi) is 48.5. The second-order valence-corrected chi connectivity index (χ2v) is 21.8. The summed E-state index contributed by atoms with van der Waals surface area (Å²) in [5.41, 5.74) is 0. The van der Waals surface area contributed by atoms with Crippen molar-refractivity contribution in [1.82, 2.24) is 5.32 Å². The number of aliphatic hydroxyl groups is 7. The molecule has 11 nitrogen and oxygen atoms in total. The van der Waals surface area contributed by atoms with Crippen molar-refractivity contribution < 1.29 is 50.0 Å². The van der Waals surface area contributed by atoms with Crippen molar-refractivity contribution >= 4 is 5.91 Å². The van der Waals surface area contributed by atoms with Gasteiger partial charge in [0.2, 0.25) is 5.91 Å². The van der Waals surface area contributed by atoms with Crippen LogP contribution in [0.5, 0.6) is 0 Å². The molecule has 0 saturated carbocycles. The van der Waals surface area contributed by atoms with Gasteiger partial charge in [-0.1, -0.05) is 256 Å². The fraction of sp³-hybridized carbons (Fsp3) is 0.887. The Morgan fingerprint density at radius 2 is 0.822 bits per heavy atom. The van der Waals surface area contributed by atoms with Crippen LogP contribution in [0.15, 0.2) is 36.5 Å². The minimum absolute atomic E-state index is 0.243. The summed E-state index contributed by atoms with van der Waals surface area (Å²) in [6.07, 6.45) is 52.0. The quantitative estimate of drug-likeness (QED) is 0.0215.